The molecule has 0 spiro atoms. The van der Waals surface area contributed by atoms with Crippen molar-refractivity contribution in [3.8, 4) is 0 Å². The summed E-state index contributed by atoms with van der Waals surface area (Å²) in [4.78, 5) is 0. The van der Waals surface area contributed by atoms with Crippen molar-refractivity contribution in [3.63, 3.8) is 0 Å². The summed E-state index contributed by atoms with van der Waals surface area (Å²) >= 11 is 0. The molecule has 17 heavy (non-hydrogen) atoms. The molecule has 1 saturated carbocycles. The SMILES string of the molecule is c1cc(CNCc2ccoc2)cc(C2CC2)c1. The minimum absolute atomic E-state index is 0.837. The number of hydrogen-bond acceptors (Lipinski definition) is 2. The van der Waals surface area contributed by atoms with Crippen LogP contribution in [0.25, 0.3) is 0 Å². The second kappa shape index (κ2) is 4.76. The van der Waals surface area contributed by atoms with Crippen molar-refractivity contribution in [2.45, 2.75) is 31.8 Å². The van der Waals surface area contributed by atoms with Crippen LogP contribution >= 0.6 is 0 Å². The Kier molecular flexibility index (Phi) is 2.97. The molecule has 88 valence electrons. The highest BCUT2D eigenvalue weighted by Gasteiger charge is 2.23. The molecule has 1 aliphatic rings. The summed E-state index contributed by atoms with van der Waals surface area (Å²) in [5, 5.41) is 3.43. The van der Waals surface area contributed by atoms with Gasteiger partial charge in [0.15, 0.2) is 0 Å². The zero-order valence-corrected chi connectivity index (χ0v) is 9.86. The van der Waals surface area contributed by atoms with Crippen LogP contribution in [0.2, 0.25) is 0 Å². The molecule has 0 saturated heterocycles. The number of rotatable bonds is 5. The van der Waals surface area contributed by atoms with E-state index in [9.17, 15) is 0 Å². The van der Waals surface area contributed by atoms with E-state index < -0.39 is 0 Å². The van der Waals surface area contributed by atoms with E-state index in [2.05, 4.69) is 29.6 Å². The van der Waals surface area contributed by atoms with Gasteiger partial charge in [0.25, 0.3) is 0 Å². The third-order valence-corrected chi connectivity index (χ3v) is 3.24. The summed E-state index contributed by atoms with van der Waals surface area (Å²) in [6.45, 7) is 1.79. The fourth-order valence-electron chi connectivity index (χ4n) is 2.12. The summed E-state index contributed by atoms with van der Waals surface area (Å²) in [6, 6.07) is 10.9. The molecular formula is C15H17NO. The standard InChI is InChI=1S/C15H17NO/c1-2-12(8-15(3-1)14-4-5-14)9-16-10-13-6-7-17-11-13/h1-3,6-8,11,14,16H,4-5,9-10H2. The summed E-state index contributed by atoms with van der Waals surface area (Å²) in [5.74, 6) is 0.837. The van der Waals surface area contributed by atoms with Crippen LogP contribution in [0, 0.1) is 0 Å². The Bertz CT molecular complexity index is 471. The van der Waals surface area contributed by atoms with Crippen molar-refractivity contribution in [1.29, 1.82) is 0 Å². The van der Waals surface area contributed by atoms with Crippen molar-refractivity contribution in [2.24, 2.45) is 0 Å². The molecule has 0 bridgehead atoms. The van der Waals surface area contributed by atoms with Gasteiger partial charge in [-0.1, -0.05) is 24.3 Å². The predicted molar refractivity (Wildman–Crippen MR) is 67.7 cm³/mol. The lowest BCUT2D eigenvalue weighted by Crippen LogP contribution is -2.12. The normalized spacial score (nSPS) is 15.1. The highest BCUT2D eigenvalue weighted by atomic mass is 16.3. The van der Waals surface area contributed by atoms with Gasteiger partial charge in [-0.2, -0.15) is 0 Å². The molecule has 1 aliphatic carbocycles. The van der Waals surface area contributed by atoms with Gasteiger partial charge >= 0.3 is 0 Å². The van der Waals surface area contributed by atoms with E-state index in [1.807, 2.05) is 6.07 Å². The summed E-state index contributed by atoms with van der Waals surface area (Å²) < 4.78 is 5.04. The lowest BCUT2D eigenvalue weighted by atomic mass is 10.1. The molecule has 1 heterocycles. The Labute approximate surface area is 102 Å². The van der Waals surface area contributed by atoms with Crippen molar-refractivity contribution in [2.75, 3.05) is 0 Å². The minimum Gasteiger partial charge on any atom is -0.472 e. The van der Waals surface area contributed by atoms with Gasteiger partial charge in [-0.05, 0) is 36.0 Å². The fourth-order valence-corrected chi connectivity index (χ4v) is 2.12. The summed E-state index contributed by atoms with van der Waals surface area (Å²) in [6.07, 6.45) is 6.23. The lowest BCUT2D eigenvalue weighted by Gasteiger charge is -2.05. The molecule has 0 radical (unpaired) electrons. The molecule has 2 heteroatoms. The Morgan fingerprint density at radius 2 is 2.00 bits per heavy atom. The molecule has 2 aromatic rings. The second-order valence-corrected chi connectivity index (χ2v) is 4.75. The Morgan fingerprint density at radius 3 is 2.76 bits per heavy atom. The minimum atomic E-state index is 0.837. The van der Waals surface area contributed by atoms with E-state index in [0.29, 0.717) is 0 Å². The molecule has 3 rings (SSSR count). The van der Waals surface area contributed by atoms with E-state index in [4.69, 9.17) is 4.42 Å². The van der Waals surface area contributed by atoms with Gasteiger partial charge in [0, 0.05) is 18.7 Å². The molecule has 0 atom stereocenters. The number of furan rings is 1. The molecule has 1 aromatic carbocycles. The number of benzene rings is 1. The Balaban J connectivity index is 1.55. The van der Waals surface area contributed by atoms with Crippen LogP contribution in [0.5, 0.6) is 0 Å². The maximum atomic E-state index is 5.04. The smallest absolute Gasteiger partial charge is 0.0947 e. The van der Waals surface area contributed by atoms with Crippen LogP contribution in [0.3, 0.4) is 0 Å². The van der Waals surface area contributed by atoms with Crippen molar-refractivity contribution >= 4 is 0 Å². The van der Waals surface area contributed by atoms with Crippen molar-refractivity contribution in [1.82, 2.24) is 5.32 Å². The zero-order chi connectivity index (χ0) is 11.5. The molecular weight excluding hydrogens is 210 g/mol. The highest BCUT2D eigenvalue weighted by Crippen LogP contribution is 2.40. The molecule has 0 aliphatic heterocycles. The van der Waals surface area contributed by atoms with Crippen LogP contribution in [-0.2, 0) is 13.1 Å². The monoisotopic (exact) mass is 227 g/mol. The first-order valence-corrected chi connectivity index (χ1v) is 6.22. The van der Waals surface area contributed by atoms with Gasteiger partial charge in [0.1, 0.15) is 0 Å². The van der Waals surface area contributed by atoms with Gasteiger partial charge in [0.05, 0.1) is 12.5 Å². The van der Waals surface area contributed by atoms with Crippen LogP contribution < -0.4 is 5.32 Å². The van der Waals surface area contributed by atoms with E-state index in [-0.39, 0.29) is 0 Å². The van der Waals surface area contributed by atoms with Crippen LogP contribution in [0.4, 0.5) is 0 Å². The third kappa shape index (κ3) is 2.77. The molecule has 1 N–H and O–H groups in total. The third-order valence-electron chi connectivity index (χ3n) is 3.24. The molecule has 1 aromatic heterocycles. The second-order valence-electron chi connectivity index (χ2n) is 4.75. The van der Waals surface area contributed by atoms with Crippen molar-refractivity contribution in [3.05, 3.63) is 59.5 Å². The lowest BCUT2D eigenvalue weighted by molar-refractivity contribution is 0.560. The first-order chi connectivity index (χ1) is 8.42. The Morgan fingerprint density at radius 1 is 1.12 bits per heavy atom. The largest absolute Gasteiger partial charge is 0.472 e. The first-order valence-electron chi connectivity index (χ1n) is 6.22. The average Bonchev–Trinajstić information content (AvgIpc) is 3.09. The van der Waals surface area contributed by atoms with E-state index >= 15 is 0 Å². The van der Waals surface area contributed by atoms with Gasteiger partial charge in [0.2, 0.25) is 0 Å². The quantitative estimate of drug-likeness (QED) is 0.846. The number of nitrogens with one attached hydrogen (secondary N) is 1. The van der Waals surface area contributed by atoms with Crippen LogP contribution in [0.1, 0.15) is 35.4 Å². The van der Waals surface area contributed by atoms with Gasteiger partial charge in [-0.25, -0.2) is 0 Å². The fraction of sp³-hybridized carbons (Fsp3) is 0.333. The summed E-state index contributed by atoms with van der Waals surface area (Å²) in [7, 11) is 0. The van der Waals surface area contributed by atoms with E-state index in [1.165, 1.54) is 29.5 Å². The van der Waals surface area contributed by atoms with Crippen molar-refractivity contribution < 1.29 is 4.42 Å². The number of hydrogen-bond donors (Lipinski definition) is 1. The van der Waals surface area contributed by atoms with E-state index in [1.54, 1.807) is 12.5 Å². The topological polar surface area (TPSA) is 25.2 Å². The highest BCUT2D eigenvalue weighted by molar-refractivity contribution is 5.29. The molecule has 2 nitrogen and oxygen atoms in total. The van der Waals surface area contributed by atoms with Crippen LogP contribution in [-0.4, -0.2) is 0 Å². The predicted octanol–water partition coefficient (Wildman–Crippen LogP) is 3.45. The van der Waals surface area contributed by atoms with Crippen LogP contribution in [0.15, 0.2) is 47.3 Å². The first kappa shape index (κ1) is 10.6. The maximum absolute atomic E-state index is 5.04. The molecule has 1 fully saturated rings. The summed E-state index contributed by atoms with van der Waals surface area (Å²) in [5.41, 5.74) is 4.08. The van der Waals surface area contributed by atoms with Gasteiger partial charge < -0.3 is 9.73 Å². The molecule has 0 amide bonds. The Hall–Kier alpha value is -1.54. The van der Waals surface area contributed by atoms with E-state index in [0.717, 1.165) is 19.0 Å². The zero-order valence-electron chi connectivity index (χ0n) is 9.86. The van der Waals surface area contributed by atoms with Gasteiger partial charge in [-0.15, -0.1) is 0 Å². The van der Waals surface area contributed by atoms with Gasteiger partial charge in [-0.3, -0.25) is 0 Å². The average molecular weight is 227 g/mol. The maximum Gasteiger partial charge on any atom is 0.0947 e. The molecule has 0 unspecified atom stereocenters.